The number of rotatable bonds is 4. The number of nitrogens with two attached hydrogens (primary N) is 1. The van der Waals surface area contributed by atoms with E-state index in [2.05, 4.69) is 25.8 Å². The minimum atomic E-state index is -0.575. The Hall–Kier alpha value is -2.75. The number of nitrogen functional groups attached to an aromatic ring is 1. The highest BCUT2D eigenvalue weighted by atomic mass is 16.6. The average Bonchev–Trinajstić information content (AvgIpc) is 2.67. The third-order valence-corrected chi connectivity index (χ3v) is 2.36. The van der Waals surface area contributed by atoms with Crippen molar-refractivity contribution in [3.63, 3.8) is 0 Å². The van der Waals surface area contributed by atoms with Gasteiger partial charge in [-0.15, -0.1) is 0 Å². The number of aromatic nitrogens is 4. The van der Waals surface area contributed by atoms with E-state index in [9.17, 15) is 10.1 Å². The summed E-state index contributed by atoms with van der Waals surface area (Å²) in [5.74, 6) is 5.31. The van der Waals surface area contributed by atoms with Gasteiger partial charge >= 0.3 is 5.69 Å². The number of anilines is 3. The van der Waals surface area contributed by atoms with Gasteiger partial charge in [-0.2, -0.15) is 10.1 Å². The summed E-state index contributed by atoms with van der Waals surface area (Å²) >= 11 is 0. The van der Waals surface area contributed by atoms with Crippen LogP contribution >= 0.6 is 0 Å². The van der Waals surface area contributed by atoms with Crippen molar-refractivity contribution in [2.45, 2.75) is 6.92 Å². The first-order valence-electron chi connectivity index (χ1n) is 5.26. The van der Waals surface area contributed by atoms with Crippen LogP contribution in [0.1, 0.15) is 5.69 Å². The first-order valence-corrected chi connectivity index (χ1v) is 5.26. The lowest BCUT2D eigenvalue weighted by Gasteiger charge is -2.06. The SMILES string of the molecule is Cc1nn(C)cc1Nc1nc(NN)ncc1[N+](=O)[O-]. The van der Waals surface area contributed by atoms with Crippen molar-refractivity contribution in [3.8, 4) is 0 Å². The van der Waals surface area contributed by atoms with Crippen LogP contribution in [0, 0.1) is 17.0 Å². The van der Waals surface area contributed by atoms with Crippen molar-refractivity contribution < 1.29 is 4.92 Å². The molecular weight excluding hydrogens is 252 g/mol. The molecule has 0 atom stereocenters. The van der Waals surface area contributed by atoms with Gasteiger partial charge in [0.1, 0.15) is 6.20 Å². The van der Waals surface area contributed by atoms with Gasteiger partial charge in [0.05, 0.1) is 16.3 Å². The molecule has 0 aromatic carbocycles. The number of hydrogen-bond donors (Lipinski definition) is 3. The van der Waals surface area contributed by atoms with Crippen LogP contribution in [-0.4, -0.2) is 24.7 Å². The monoisotopic (exact) mass is 264 g/mol. The third kappa shape index (κ3) is 2.57. The second kappa shape index (κ2) is 4.86. The highest BCUT2D eigenvalue weighted by Gasteiger charge is 2.18. The van der Waals surface area contributed by atoms with Gasteiger partial charge in [0.2, 0.25) is 11.8 Å². The molecule has 2 aromatic heterocycles. The summed E-state index contributed by atoms with van der Waals surface area (Å²) < 4.78 is 1.59. The number of nitro groups is 1. The minimum Gasteiger partial charge on any atom is -0.332 e. The summed E-state index contributed by atoms with van der Waals surface area (Å²) in [5, 5.41) is 17.9. The molecule has 0 aliphatic carbocycles. The maximum absolute atomic E-state index is 10.9. The van der Waals surface area contributed by atoms with Gasteiger partial charge in [-0.25, -0.2) is 10.8 Å². The van der Waals surface area contributed by atoms with Gasteiger partial charge in [0, 0.05) is 13.2 Å². The molecule has 19 heavy (non-hydrogen) atoms. The molecule has 0 fully saturated rings. The van der Waals surface area contributed by atoms with Gasteiger partial charge in [0.25, 0.3) is 0 Å². The van der Waals surface area contributed by atoms with Crippen molar-refractivity contribution in [2.24, 2.45) is 12.9 Å². The van der Waals surface area contributed by atoms with Crippen LogP contribution < -0.4 is 16.6 Å². The summed E-state index contributed by atoms with van der Waals surface area (Å²) in [7, 11) is 1.75. The molecule has 0 unspecified atom stereocenters. The van der Waals surface area contributed by atoms with E-state index in [0.29, 0.717) is 11.4 Å². The lowest BCUT2D eigenvalue weighted by molar-refractivity contribution is -0.384. The molecule has 0 aliphatic rings. The summed E-state index contributed by atoms with van der Waals surface area (Å²) in [5.41, 5.74) is 3.30. The number of nitrogens with zero attached hydrogens (tertiary/aromatic N) is 5. The van der Waals surface area contributed by atoms with Crippen LogP contribution in [0.3, 0.4) is 0 Å². The van der Waals surface area contributed by atoms with Gasteiger partial charge in [-0.1, -0.05) is 0 Å². The standard InChI is InChI=1S/C9H12N8O2/c1-5-6(4-16(2)15-5)12-8-7(17(18)19)3-11-9(13-8)14-10/h3-4H,10H2,1-2H3,(H2,11,12,13,14). The Balaban J connectivity index is 2.42. The Kier molecular flexibility index (Phi) is 3.25. The first-order chi connectivity index (χ1) is 9.01. The zero-order valence-corrected chi connectivity index (χ0v) is 10.3. The predicted octanol–water partition coefficient (Wildman–Crippen LogP) is 0.456. The van der Waals surface area contributed by atoms with Gasteiger partial charge < -0.3 is 5.32 Å². The molecule has 0 amide bonds. The van der Waals surface area contributed by atoms with Gasteiger partial charge in [-0.05, 0) is 6.92 Å². The van der Waals surface area contributed by atoms with E-state index in [1.807, 2.05) is 0 Å². The molecule has 10 nitrogen and oxygen atoms in total. The Morgan fingerprint density at radius 2 is 2.26 bits per heavy atom. The Bertz CT molecular complexity index is 623. The van der Waals surface area contributed by atoms with Crippen LogP contribution in [0.25, 0.3) is 0 Å². The van der Waals surface area contributed by atoms with Crippen molar-refractivity contribution in [1.82, 2.24) is 19.7 Å². The van der Waals surface area contributed by atoms with Crippen LogP contribution in [-0.2, 0) is 7.05 Å². The van der Waals surface area contributed by atoms with E-state index in [1.165, 1.54) is 0 Å². The fourth-order valence-electron chi connectivity index (χ4n) is 1.52. The van der Waals surface area contributed by atoms with E-state index in [-0.39, 0.29) is 17.5 Å². The molecular formula is C9H12N8O2. The van der Waals surface area contributed by atoms with Crippen molar-refractivity contribution in [2.75, 3.05) is 10.7 Å². The zero-order chi connectivity index (χ0) is 14.0. The van der Waals surface area contributed by atoms with Crippen molar-refractivity contribution in [1.29, 1.82) is 0 Å². The Morgan fingerprint density at radius 3 is 2.79 bits per heavy atom. The molecule has 0 saturated heterocycles. The van der Waals surface area contributed by atoms with E-state index in [4.69, 9.17) is 5.84 Å². The number of hydrazine groups is 1. The van der Waals surface area contributed by atoms with Crippen LogP contribution in [0.15, 0.2) is 12.4 Å². The number of aryl methyl sites for hydroxylation is 2. The maximum Gasteiger partial charge on any atom is 0.329 e. The van der Waals surface area contributed by atoms with Gasteiger partial charge in [0.15, 0.2) is 0 Å². The van der Waals surface area contributed by atoms with Crippen LogP contribution in [0.4, 0.5) is 23.1 Å². The van der Waals surface area contributed by atoms with E-state index in [0.717, 1.165) is 6.20 Å². The smallest absolute Gasteiger partial charge is 0.329 e. The summed E-state index contributed by atoms with van der Waals surface area (Å²) in [4.78, 5) is 18.0. The molecule has 2 aromatic rings. The lowest BCUT2D eigenvalue weighted by atomic mass is 10.4. The zero-order valence-electron chi connectivity index (χ0n) is 10.3. The van der Waals surface area contributed by atoms with Gasteiger partial charge in [-0.3, -0.25) is 20.2 Å². The topological polar surface area (TPSA) is 137 Å². The third-order valence-electron chi connectivity index (χ3n) is 2.36. The van der Waals surface area contributed by atoms with E-state index >= 15 is 0 Å². The lowest BCUT2D eigenvalue weighted by Crippen LogP contribution is -2.12. The second-order valence-electron chi connectivity index (χ2n) is 3.76. The molecule has 0 aliphatic heterocycles. The molecule has 0 bridgehead atoms. The highest BCUT2D eigenvalue weighted by Crippen LogP contribution is 2.26. The predicted molar refractivity (Wildman–Crippen MR) is 67.7 cm³/mol. The number of hydrogen-bond acceptors (Lipinski definition) is 8. The fourth-order valence-corrected chi connectivity index (χ4v) is 1.52. The molecule has 4 N–H and O–H groups in total. The fraction of sp³-hybridized carbons (Fsp3) is 0.222. The highest BCUT2D eigenvalue weighted by molar-refractivity contribution is 5.66. The Labute approximate surface area is 107 Å². The Morgan fingerprint density at radius 1 is 1.53 bits per heavy atom. The molecule has 0 spiro atoms. The normalized spacial score (nSPS) is 10.3. The molecule has 2 rings (SSSR count). The van der Waals surface area contributed by atoms with Crippen LogP contribution in [0.2, 0.25) is 0 Å². The maximum atomic E-state index is 10.9. The molecule has 10 heteroatoms. The average molecular weight is 264 g/mol. The molecule has 0 radical (unpaired) electrons. The molecule has 100 valence electrons. The van der Waals surface area contributed by atoms with E-state index in [1.54, 1.807) is 24.9 Å². The molecule has 2 heterocycles. The first kappa shape index (κ1) is 12.7. The van der Waals surface area contributed by atoms with Crippen LogP contribution in [0.5, 0.6) is 0 Å². The summed E-state index contributed by atoms with van der Waals surface area (Å²) in [6.45, 7) is 1.78. The molecule has 0 saturated carbocycles. The van der Waals surface area contributed by atoms with E-state index < -0.39 is 4.92 Å². The van der Waals surface area contributed by atoms with Crippen molar-refractivity contribution >= 4 is 23.1 Å². The minimum absolute atomic E-state index is 0.0454. The quantitative estimate of drug-likeness (QED) is 0.411. The largest absolute Gasteiger partial charge is 0.332 e. The second-order valence-corrected chi connectivity index (χ2v) is 3.76. The summed E-state index contributed by atoms with van der Waals surface area (Å²) in [6.07, 6.45) is 2.77. The number of nitrogens with one attached hydrogen (secondary N) is 2. The summed E-state index contributed by atoms with van der Waals surface area (Å²) in [6, 6.07) is 0. The van der Waals surface area contributed by atoms with Crippen molar-refractivity contribution in [3.05, 3.63) is 28.2 Å².